The van der Waals surface area contributed by atoms with Crippen molar-refractivity contribution >= 4 is 19.2 Å². The van der Waals surface area contributed by atoms with E-state index < -0.39 is 17.7 Å². The zero-order chi connectivity index (χ0) is 21.7. The van der Waals surface area contributed by atoms with Gasteiger partial charge in [0.25, 0.3) is 11.4 Å². The standard InChI is InChI=1S/C14H13N3O4.F6P/c18-16(19)13-5-1-3-11(7-13)9-15-10-12-4-2-6-14(8-12)17(20)21;1-7(2,3,4,5)6/h1-8,15H,9-10H2;/q;-1/p+1. The molecule has 28 heavy (non-hydrogen) atoms. The van der Waals surface area contributed by atoms with E-state index in [4.69, 9.17) is 0 Å². The molecule has 0 atom stereocenters. The van der Waals surface area contributed by atoms with Gasteiger partial charge in [-0.05, 0) is 0 Å². The molecular weight excluding hydrogens is 419 g/mol. The molecule has 2 aromatic rings. The van der Waals surface area contributed by atoms with Crippen LogP contribution >= 0.6 is 7.81 Å². The first-order chi connectivity index (χ1) is 12.5. The minimum atomic E-state index is -10.7. The van der Waals surface area contributed by atoms with E-state index in [9.17, 15) is 45.4 Å². The van der Waals surface area contributed by atoms with Crippen molar-refractivity contribution in [2.75, 3.05) is 0 Å². The van der Waals surface area contributed by atoms with Crippen molar-refractivity contribution < 1.29 is 40.3 Å². The minimum Gasteiger partial charge on any atom is -0.339 e. The smallest absolute Gasteiger partial charge is 0.269 e. The van der Waals surface area contributed by atoms with Crippen molar-refractivity contribution in [3.8, 4) is 0 Å². The van der Waals surface area contributed by atoms with Crippen molar-refractivity contribution in [1.29, 1.82) is 0 Å². The zero-order valence-corrected chi connectivity index (χ0v) is 14.7. The summed E-state index contributed by atoms with van der Waals surface area (Å²) in [5.74, 6) is 0. The zero-order valence-electron chi connectivity index (χ0n) is 13.9. The Balaban J connectivity index is 0.000000480. The van der Waals surface area contributed by atoms with Gasteiger partial charge >= 0.3 is 33.0 Å². The van der Waals surface area contributed by atoms with E-state index in [2.05, 4.69) is 0 Å². The third-order valence-corrected chi connectivity index (χ3v) is 3.00. The van der Waals surface area contributed by atoms with Crippen LogP contribution in [0.3, 0.4) is 0 Å². The first kappa shape index (κ1) is 23.2. The number of nitro groups is 2. The summed E-state index contributed by atoms with van der Waals surface area (Å²) >= 11 is 0. The molecule has 0 unspecified atom stereocenters. The molecule has 0 aliphatic rings. The van der Waals surface area contributed by atoms with Gasteiger partial charge in [0.2, 0.25) is 0 Å². The Labute approximate surface area is 153 Å². The molecule has 2 rings (SSSR count). The number of benzene rings is 2. The average Bonchev–Trinajstić information content (AvgIpc) is 2.52. The van der Waals surface area contributed by atoms with E-state index in [0.29, 0.717) is 13.1 Å². The molecule has 156 valence electrons. The fraction of sp³-hybridized carbons (Fsp3) is 0.143. The van der Waals surface area contributed by atoms with Gasteiger partial charge in [0.05, 0.1) is 9.85 Å². The van der Waals surface area contributed by atoms with Gasteiger partial charge < -0.3 is 5.32 Å². The largest absolute Gasteiger partial charge is 0.339 e. The summed E-state index contributed by atoms with van der Waals surface area (Å²) < 4.78 is 59.2. The quantitative estimate of drug-likeness (QED) is 0.295. The maximum Gasteiger partial charge on any atom is 0.269 e. The number of non-ortho nitro benzene ring substituents is 2. The van der Waals surface area contributed by atoms with Crippen LogP contribution in [0.4, 0.5) is 36.6 Å². The number of hydrogen-bond acceptors (Lipinski definition) is 4. The minimum absolute atomic E-state index is 0.0660. The maximum atomic E-state index is 10.7. The van der Waals surface area contributed by atoms with Gasteiger partial charge in [0.1, 0.15) is 13.1 Å². The number of nitro benzene ring substituents is 2. The van der Waals surface area contributed by atoms with Crippen LogP contribution in [0.1, 0.15) is 11.1 Å². The normalized spacial score (nSPS) is 13.5. The molecule has 0 aromatic heterocycles. The van der Waals surface area contributed by atoms with Crippen LogP contribution in [0.25, 0.3) is 0 Å². The monoisotopic (exact) mass is 433 g/mol. The molecule has 0 saturated carbocycles. The van der Waals surface area contributed by atoms with Gasteiger partial charge in [0, 0.05) is 35.4 Å². The number of nitrogens with zero attached hydrogens (tertiary/aromatic N) is 2. The van der Waals surface area contributed by atoms with E-state index in [-0.39, 0.29) is 11.4 Å². The van der Waals surface area contributed by atoms with Crippen LogP contribution in [0.2, 0.25) is 0 Å². The van der Waals surface area contributed by atoms with E-state index in [1.807, 2.05) is 17.4 Å². The van der Waals surface area contributed by atoms with Crippen molar-refractivity contribution in [3.63, 3.8) is 0 Å². The van der Waals surface area contributed by atoms with Crippen LogP contribution in [0, 0.1) is 20.2 Å². The number of rotatable bonds is 6. The second-order valence-corrected chi connectivity index (χ2v) is 7.43. The van der Waals surface area contributed by atoms with Crippen LogP contribution in [-0.4, -0.2) is 9.85 Å². The third-order valence-electron chi connectivity index (χ3n) is 3.00. The van der Waals surface area contributed by atoms with Crippen molar-refractivity contribution in [3.05, 3.63) is 79.9 Å². The molecule has 0 radical (unpaired) electrons. The van der Waals surface area contributed by atoms with E-state index in [1.54, 1.807) is 12.1 Å². The van der Waals surface area contributed by atoms with Crippen molar-refractivity contribution in [2.24, 2.45) is 0 Å². The Morgan fingerprint density at radius 2 is 1.07 bits per heavy atom. The third kappa shape index (κ3) is 11.8. The van der Waals surface area contributed by atoms with Gasteiger partial charge in [-0.15, -0.1) is 0 Å². The van der Waals surface area contributed by atoms with E-state index >= 15 is 0 Å². The summed E-state index contributed by atoms with van der Waals surface area (Å²) in [6, 6.07) is 12.9. The fourth-order valence-electron chi connectivity index (χ4n) is 2.00. The van der Waals surface area contributed by atoms with Crippen LogP contribution in [0.5, 0.6) is 0 Å². The number of quaternary nitrogens is 1. The molecular formula is C14H14F6N3O4P. The van der Waals surface area contributed by atoms with Gasteiger partial charge in [-0.25, -0.2) is 0 Å². The summed E-state index contributed by atoms with van der Waals surface area (Å²) in [5, 5.41) is 23.3. The Kier molecular flexibility index (Phi) is 6.38. The van der Waals surface area contributed by atoms with Crippen molar-refractivity contribution in [2.45, 2.75) is 13.1 Å². The number of halogens is 6. The van der Waals surface area contributed by atoms with Crippen LogP contribution < -0.4 is 5.32 Å². The van der Waals surface area contributed by atoms with Gasteiger partial charge in [-0.1, -0.05) is 24.3 Å². The van der Waals surface area contributed by atoms with Crippen molar-refractivity contribution in [1.82, 2.24) is 0 Å². The Hall–Kier alpha value is -2.79. The SMILES string of the molecule is F[P-](F)(F)(F)(F)F.O=[N+]([O-])c1cccc(C[NH2+]Cc2cccc([N+](=O)[O-])c2)c1. The molecule has 14 heteroatoms. The van der Waals surface area contributed by atoms with Crippen LogP contribution in [0.15, 0.2) is 48.5 Å². The Morgan fingerprint density at radius 3 is 1.36 bits per heavy atom. The molecule has 0 saturated heterocycles. The summed E-state index contributed by atoms with van der Waals surface area (Å²) in [6.45, 7) is 1.15. The first-order valence-electron chi connectivity index (χ1n) is 7.36. The molecule has 0 spiro atoms. The van der Waals surface area contributed by atoms with E-state index in [0.717, 1.165) is 11.1 Å². The topological polar surface area (TPSA) is 103 Å². The fourth-order valence-corrected chi connectivity index (χ4v) is 2.00. The van der Waals surface area contributed by atoms with Gasteiger partial charge in [-0.2, -0.15) is 0 Å². The second kappa shape index (κ2) is 7.68. The summed E-state index contributed by atoms with van der Waals surface area (Å²) in [4.78, 5) is 20.5. The summed E-state index contributed by atoms with van der Waals surface area (Å²) in [7, 11) is -10.7. The second-order valence-electron chi connectivity index (χ2n) is 5.51. The van der Waals surface area contributed by atoms with Gasteiger partial charge in [-0.3, -0.25) is 20.2 Å². The molecule has 0 amide bonds. The molecule has 0 heterocycles. The molecule has 7 nitrogen and oxygen atoms in total. The number of nitrogens with two attached hydrogens (primary N) is 1. The molecule has 0 aliphatic heterocycles. The Bertz CT molecular complexity index is 808. The number of hydrogen-bond donors (Lipinski definition) is 1. The molecule has 0 aliphatic carbocycles. The van der Waals surface area contributed by atoms with E-state index in [1.165, 1.54) is 24.3 Å². The van der Waals surface area contributed by atoms with Crippen LogP contribution in [-0.2, 0) is 13.1 Å². The first-order valence-corrected chi connectivity index (χ1v) is 9.39. The molecule has 0 fully saturated rings. The Morgan fingerprint density at radius 1 is 0.750 bits per heavy atom. The predicted octanol–water partition coefficient (Wildman–Crippen LogP) is 5.15. The summed E-state index contributed by atoms with van der Waals surface area (Å²) in [6.07, 6.45) is 0. The molecule has 0 bridgehead atoms. The van der Waals surface area contributed by atoms with Gasteiger partial charge in [0.15, 0.2) is 0 Å². The predicted molar refractivity (Wildman–Crippen MR) is 89.1 cm³/mol. The maximum absolute atomic E-state index is 10.7. The summed E-state index contributed by atoms with van der Waals surface area (Å²) in [5.41, 5.74) is 1.82. The average molecular weight is 433 g/mol. The molecule has 2 N–H and O–H groups in total. The molecule has 2 aromatic carbocycles.